The Morgan fingerprint density at radius 2 is 1.76 bits per heavy atom. The Balaban J connectivity index is 1.86. The van der Waals surface area contributed by atoms with Crippen LogP contribution in [0.2, 0.25) is 5.02 Å². The zero-order valence-electron chi connectivity index (χ0n) is 15.0. The Morgan fingerprint density at radius 1 is 1.07 bits per heavy atom. The number of carbonyl (C=O) groups excluding carboxylic acids is 2. The summed E-state index contributed by atoms with van der Waals surface area (Å²) < 4.78 is 6.23. The number of rotatable bonds is 4. The molecule has 0 bridgehead atoms. The maximum absolute atomic E-state index is 12.9. The number of likely N-dealkylation sites (tertiary alicyclic amines) is 1. The number of nitrogens with zero attached hydrogens (tertiary/aromatic N) is 1. The highest BCUT2D eigenvalue weighted by molar-refractivity contribution is 9.10. The van der Waals surface area contributed by atoms with Crippen molar-refractivity contribution in [3.05, 3.63) is 98.9 Å². The quantitative estimate of drug-likeness (QED) is 0.317. The molecule has 1 N–H and O–H groups in total. The number of furan rings is 1. The van der Waals surface area contributed by atoms with Crippen molar-refractivity contribution in [3.63, 3.8) is 0 Å². The normalized spacial score (nSPS) is 18.4. The minimum atomic E-state index is -0.746. The lowest BCUT2D eigenvalue weighted by atomic mass is 9.95. The van der Waals surface area contributed by atoms with Gasteiger partial charge in [-0.2, -0.15) is 0 Å². The predicted molar refractivity (Wildman–Crippen MR) is 112 cm³/mol. The van der Waals surface area contributed by atoms with Crippen molar-refractivity contribution < 1.29 is 19.1 Å². The van der Waals surface area contributed by atoms with E-state index in [1.165, 1.54) is 11.2 Å². The first-order valence-electron chi connectivity index (χ1n) is 8.78. The summed E-state index contributed by atoms with van der Waals surface area (Å²) in [7, 11) is 0. The van der Waals surface area contributed by atoms with Gasteiger partial charge in [0.15, 0.2) is 0 Å². The Labute approximate surface area is 180 Å². The van der Waals surface area contributed by atoms with Gasteiger partial charge in [0.1, 0.15) is 11.5 Å². The standard InChI is InChI=1S/C22H15BrClNO4/c23-15-7-3-13(4-8-15)19-18(20(26)14-5-9-16(24)10-6-14)21(27)22(28)25(19)12-17-2-1-11-29-17/h1-11,19,26H,12H2/b20-18-. The second kappa shape index (κ2) is 7.89. The second-order valence-electron chi connectivity index (χ2n) is 6.56. The summed E-state index contributed by atoms with van der Waals surface area (Å²) in [6.07, 6.45) is 1.51. The first-order chi connectivity index (χ1) is 14.0. The number of amides is 1. The maximum Gasteiger partial charge on any atom is 0.296 e. The first kappa shape index (κ1) is 19.5. The van der Waals surface area contributed by atoms with E-state index >= 15 is 0 Å². The summed E-state index contributed by atoms with van der Waals surface area (Å²) in [5, 5.41) is 11.4. The molecular formula is C22H15BrClNO4. The Kier molecular flexibility index (Phi) is 5.30. The van der Waals surface area contributed by atoms with E-state index in [1.54, 1.807) is 36.4 Å². The molecule has 1 atom stereocenters. The molecule has 0 saturated carbocycles. The largest absolute Gasteiger partial charge is 0.507 e. The molecular weight excluding hydrogens is 458 g/mol. The number of aliphatic hydroxyl groups is 1. The van der Waals surface area contributed by atoms with Crippen LogP contribution in [0.15, 0.2) is 81.4 Å². The van der Waals surface area contributed by atoms with E-state index in [9.17, 15) is 14.7 Å². The average molecular weight is 473 g/mol. The van der Waals surface area contributed by atoms with Gasteiger partial charge < -0.3 is 14.4 Å². The number of aliphatic hydroxyl groups excluding tert-OH is 1. The van der Waals surface area contributed by atoms with Crippen LogP contribution in [0, 0.1) is 0 Å². The van der Waals surface area contributed by atoms with E-state index in [0.717, 1.165) is 4.47 Å². The topological polar surface area (TPSA) is 70.8 Å². The van der Waals surface area contributed by atoms with Crippen molar-refractivity contribution in [1.29, 1.82) is 0 Å². The summed E-state index contributed by atoms with van der Waals surface area (Å²) in [6.45, 7) is 0.107. The van der Waals surface area contributed by atoms with Gasteiger partial charge >= 0.3 is 0 Å². The highest BCUT2D eigenvalue weighted by Gasteiger charge is 2.46. The molecule has 2 heterocycles. The minimum Gasteiger partial charge on any atom is -0.507 e. The molecule has 3 aromatic rings. The molecule has 1 fully saturated rings. The molecule has 1 aliphatic rings. The fourth-order valence-corrected chi connectivity index (χ4v) is 3.76. The lowest BCUT2D eigenvalue weighted by molar-refractivity contribution is -0.140. The van der Waals surface area contributed by atoms with Crippen LogP contribution in [-0.2, 0) is 16.1 Å². The molecule has 2 aromatic carbocycles. The number of benzene rings is 2. The molecule has 1 aromatic heterocycles. The molecule has 0 spiro atoms. The molecule has 1 saturated heterocycles. The molecule has 7 heteroatoms. The van der Waals surface area contributed by atoms with Gasteiger partial charge in [0.25, 0.3) is 11.7 Å². The number of hydrogen-bond donors (Lipinski definition) is 1. The van der Waals surface area contributed by atoms with Crippen molar-refractivity contribution in [3.8, 4) is 0 Å². The van der Waals surface area contributed by atoms with E-state index in [1.807, 2.05) is 24.3 Å². The van der Waals surface area contributed by atoms with E-state index in [4.69, 9.17) is 16.0 Å². The fourth-order valence-electron chi connectivity index (χ4n) is 3.37. The van der Waals surface area contributed by atoms with Gasteiger partial charge in [0, 0.05) is 15.1 Å². The number of Topliss-reactive ketones (excluding diaryl/α,β-unsaturated/α-hetero) is 1. The lowest BCUT2D eigenvalue weighted by Crippen LogP contribution is -2.29. The van der Waals surface area contributed by atoms with Crippen molar-refractivity contribution in [1.82, 2.24) is 4.90 Å². The molecule has 146 valence electrons. The van der Waals surface area contributed by atoms with Gasteiger partial charge in [-0.3, -0.25) is 9.59 Å². The summed E-state index contributed by atoms with van der Waals surface area (Å²) >= 11 is 9.32. The predicted octanol–water partition coefficient (Wildman–Crippen LogP) is 5.32. The summed E-state index contributed by atoms with van der Waals surface area (Å²) in [6, 6.07) is 16.4. The Hall–Kier alpha value is -2.83. The highest BCUT2D eigenvalue weighted by Crippen LogP contribution is 2.40. The molecule has 0 radical (unpaired) electrons. The van der Waals surface area contributed by atoms with Crippen LogP contribution in [0.4, 0.5) is 0 Å². The van der Waals surface area contributed by atoms with Crippen LogP contribution in [0.25, 0.3) is 5.76 Å². The van der Waals surface area contributed by atoms with Crippen molar-refractivity contribution in [2.75, 3.05) is 0 Å². The van der Waals surface area contributed by atoms with Crippen LogP contribution in [-0.4, -0.2) is 21.7 Å². The zero-order valence-corrected chi connectivity index (χ0v) is 17.4. The van der Waals surface area contributed by atoms with Crippen LogP contribution in [0.3, 0.4) is 0 Å². The SMILES string of the molecule is O=C1C(=O)N(Cc2ccco2)C(c2ccc(Br)cc2)/C1=C(/O)c1ccc(Cl)cc1. The molecule has 1 aliphatic heterocycles. The second-order valence-corrected chi connectivity index (χ2v) is 7.92. The molecule has 1 amide bonds. The number of hydrogen-bond acceptors (Lipinski definition) is 4. The molecule has 0 aliphatic carbocycles. The van der Waals surface area contributed by atoms with Crippen LogP contribution >= 0.6 is 27.5 Å². The van der Waals surface area contributed by atoms with Crippen molar-refractivity contribution in [2.45, 2.75) is 12.6 Å². The number of halogens is 2. The third-order valence-electron chi connectivity index (χ3n) is 4.75. The third-order valence-corrected chi connectivity index (χ3v) is 5.53. The van der Waals surface area contributed by atoms with E-state index in [2.05, 4.69) is 15.9 Å². The smallest absolute Gasteiger partial charge is 0.296 e. The van der Waals surface area contributed by atoms with E-state index in [0.29, 0.717) is 21.9 Å². The summed E-state index contributed by atoms with van der Waals surface area (Å²) in [5.74, 6) is -1.13. The number of ketones is 1. The monoisotopic (exact) mass is 471 g/mol. The molecule has 4 rings (SSSR count). The summed E-state index contributed by atoms with van der Waals surface area (Å²) in [5.41, 5.74) is 1.15. The maximum atomic E-state index is 12.9. The van der Waals surface area contributed by atoms with Crippen LogP contribution < -0.4 is 0 Å². The van der Waals surface area contributed by atoms with Crippen molar-refractivity contribution >= 4 is 45.0 Å². The fraction of sp³-hybridized carbons (Fsp3) is 0.0909. The molecule has 29 heavy (non-hydrogen) atoms. The van der Waals surface area contributed by atoms with Gasteiger partial charge in [0.2, 0.25) is 0 Å². The van der Waals surface area contributed by atoms with Gasteiger partial charge in [-0.15, -0.1) is 0 Å². The molecule has 1 unspecified atom stereocenters. The van der Waals surface area contributed by atoms with Gasteiger partial charge in [-0.1, -0.05) is 39.7 Å². The number of carbonyl (C=O) groups is 2. The van der Waals surface area contributed by atoms with Gasteiger partial charge in [-0.25, -0.2) is 0 Å². The van der Waals surface area contributed by atoms with Gasteiger partial charge in [-0.05, 0) is 54.1 Å². The van der Waals surface area contributed by atoms with Crippen LogP contribution in [0.1, 0.15) is 22.9 Å². The average Bonchev–Trinajstić information content (AvgIpc) is 3.31. The molecule has 5 nitrogen and oxygen atoms in total. The highest BCUT2D eigenvalue weighted by atomic mass is 79.9. The van der Waals surface area contributed by atoms with E-state index < -0.39 is 17.7 Å². The van der Waals surface area contributed by atoms with Crippen LogP contribution in [0.5, 0.6) is 0 Å². The Morgan fingerprint density at radius 3 is 2.38 bits per heavy atom. The Bertz CT molecular complexity index is 1090. The van der Waals surface area contributed by atoms with Gasteiger partial charge in [0.05, 0.1) is 24.4 Å². The minimum absolute atomic E-state index is 0.0335. The third kappa shape index (κ3) is 3.73. The first-order valence-corrected chi connectivity index (χ1v) is 9.95. The van der Waals surface area contributed by atoms with E-state index in [-0.39, 0.29) is 17.9 Å². The lowest BCUT2D eigenvalue weighted by Gasteiger charge is -2.24. The zero-order chi connectivity index (χ0) is 20.5. The summed E-state index contributed by atoms with van der Waals surface area (Å²) in [4.78, 5) is 27.2. The van der Waals surface area contributed by atoms with Crippen molar-refractivity contribution in [2.24, 2.45) is 0 Å².